The fourth-order valence-corrected chi connectivity index (χ4v) is 2.73. The number of rotatable bonds is 5. The molecule has 0 spiro atoms. The maximum absolute atomic E-state index is 12.6. The van der Waals surface area contributed by atoms with E-state index < -0.39 is 24.2 Å². The van der Waals surface area contributed by atoms with Crippen molar-refractivity contribution >= 4 is 28.5 Å². The van der Waals surface area contributed by atoms with Crippen molar-refractivity contribution in [2.24, 2.45) is 5.73 Å². The lowest BCUT2D eigenvalue weighted by atomic mass is 9.91. The summed E-state index contributed by atoms with van der Waals surface area (Å²) in [7, 11) is 0. The van der Waals surface area contributed by atoms with Gasteiger partial charge in [-0.3, -0.25) is 10.1 Å². The lowest BCUT2D eigenvalue weighted by molar-refractivity contribution is -0.135. The first-order valence-corrected chi connectivity index (χ1v) is 8.06. The highest BCUT2D eigenvalue weighted by molar-refractivity contribution is 6.31. The number of carbonyl (C=O) groups is 1. The number of H-pyrrole nitrogens is 1. The molecule has 3 heterocycles. The van der Waals surface area contributed by atoms with E-state index in [9.17, 15) is 18.0 Å². The van der Waals surface area contributed by atoms with E-state index in [2.05, 4.69) is 25.5 Å². The Balaban J connectivity index is 2.05. The summed E-state index contributed by atoms with van der Waals surface area (Å²) >= 11 is 5.97. The third-order valence-corrected chi connectivity index (χ3v) is 4.35. The van der Waals surface area contributed by atoms with Gasteiger partial charge < -0.3 is 10.7 Å². The Morgan fingerprint density at radius 2 is 2.07 bits per heavy atom. The van der Waals surface area contributed by atoms with E-state index in [4.69, 9.17) is 17.3 Å². The van der Waals surface area contributed by atoms with Crippen molar-refractivity contribution in [2.75, 3.05) is 6.54 Å². The van der Waals surface area contributed by atoms with Crippen LogP contribution in [0.5, 0.6) is 0 Å². The lowest BCUT2D eigenvalue weighted by Gasteiger charge is -2.28. The van der Waals surface area contributed by atoms with E-state index in [0.717, 1.165) is 0 Å². The highest BCUT2D eigenvalue weighted by atomic mass is 35.5. The second-order valence-electron chi connectivity index (χ2n) is 6.04. The Morgan fingerprint density at radius 1 is 1.33 bits per heavy atom. The van der Waals surface area contributed by atoms with Gasteiger partial charge in [0, 0.05) is 28.9 Å². The second-order valence-corrected chi connectivity index (χ2v) is 6.48. The number of aromatic amines is 1. The van der Waals surface area contributed by atoms with Gasteiger partial charge in [0.2, 0.25) is 5.91 Å². The predicted molar refractivity (Wildman–Crippen MR) is 92.7 cm³/mol. The zero-order chi connectivity index (χ0) is 19.8. The Morgan fingerprint density at radius 3 is 2.74 bits per heavy atom. The minimum atomic E-state index is -4.51. The average Bonchev–Trinajstić information content (AvgIpc) is 3.02. The number of nitrogens with one attached hydrogen (secondary N) is 2. The molecular formula is C16H14ClF3N6O. The maximum Gasteiger partial charge on any atom is 0.401 e. The number of amides is 1. The number of aromatic nitrogens is 4. The SMILES string of the molecule is C[C@@](NCC(F)(F)F)(C(N)=O)c1cnnc(-c2c[nH]c3ncc(Cl)cc23)c1. The first-order valence-electron chi connectivity index (χ1n) is 7.68. The summed E-state index contributed by atoms with van der Waals surface area (Å²) in [5.41, 5.74) is 5.17. The summed E-state index contributed by atoms with van der Waals surface area (Å²) < 4.78 is 37.8. The van der Waals surface area contributed by atoms with Crippen LogP contribution in [0, 0.1) is 0 Å². The molecule has 0 aliphatic carbocycles. The molecule has 0 saturated heterocycles. The standard InChI is InChI=1S/C16H14ClF3N6O/c1-15(14(21)27,24-7-16(18,19)20)8-2-12(26-25-4-8)11-6-23-13-10(11)3-9(17)5-22-13/h2-6,24H,7H2,1H3,(H2,21,27)(H,22,23)/t15-/m0/s1. The summed E-state index contributed by atoms with van der Waals surface area (Å²) in [6.45, 7) is -0.133. The highest BCUT2D eigenvalue weighted by Crippen LogP contribution is 2.30. The molecule has 3 rings (SSSR count). The summed E-state index contributed by atoms with van der Waals surface area (Å²) in [5.74, 6) is -0.977. The fraction of sp³-hybridized carbons (Fsp3) is 0.250. The monoisotopic (exact) mass is 398 g/mol. The number of pyridine rings is 1. The first kappa shape index (κ1) is 19.1. The number of alkyl halides is 3. The van der Waals surface area contributed by atoms with Crippen molar-refractivity contribution in [3.8, 4) is 11.3 Å². The van der Waals surface area contributed by atoms with Crippen LogP contribution < -0.4 is 11.1 Å². The van der Waals surface area contributed by atoms with E-state index in [1.54, 1.807) is 12.3 Å². The van der Waals surface area contributed by atoms with Gasteiger partial charge >= 0.3 is 6.18 Å². The number of primary amides is 1. The molecule has 7 nitrogen and oxygen atoms in total. The number of nitrogens with two attached hydrogens (primary N) is 1. The molecule has 142 valence electrons. The number of hydrogen-bond donors (Lipinski definition) is 3. The van der Waals surface area contributed by atoms with Crippen LogP contribution >= 0.6 is 11.6 Å². The molecule has 0 aromatic carbocycles. The van der Waals surface area contributed by atoms with Gasteiger partial charge in [-0.15, -0.1) is 0 Å². The molecule has 0 radical (unpaired) electrons. The van der Waals surface area contributed by atoms with Gasteiger partial charge in [0.1, 0.15) is 11.2 Å². The van der Waals surface area contributed by atoms with Crippen molar-refractivity contribution in [2.45, 2.75) is 18.6 Å². The van der Waals surface area contributed by atoms with Crippen molar-refractivity contribution in [3.05, 3.63) is 41.3 Å². The Bertz CT molecular complexity index is 1010. The molecule has 0 bridgehead atoms. The van der Waals surface area contributed by atoms with Crippen LogP contribution in [-0.4, -0.2) is 38.8 Å². The number of halogens is 4. The van der Waals surface area contributed by atoms with E-state index in [1.165, 1.54) is 25.4 Å². The van der Waals surface area contributed by atoms with E-state index in [0.29, 0.717) is 27.3 Å². The summed E-state index contributed by atoms with van der Waals surface area (Å²) in [6, 6.07) is 3.11. The zero-order valence-corrected chi connectivity index (χ0v) is 14.7. The summed E-state index contributed by atoms with van der Waals surface area (Å²) in [5, 5.41) is 11.0. The van der Waals surface area contributed by atoms with Gasteiger partial charge in [-0.05, 0) is 19.1 Å². The van der Waals surface area contributed by atoms with E-state index >= 15 is 0 Å². The minimum Gasteiger partial charge on any atom is -0.368 e. The molecule has 4 N–H and O–H groups in total. The van der Waals surface area contributed by atoms with Crippen molar-refractivity contribution in [1.82, 2.24) is 25.5 Å². The molecule has 1 atom stereocenters. The molecule has 0 saturated carbocycles. The Hall–Kier alpha value is -2.72. The van der Waals surface area contributed by atoms with Gasteiger partial charge in [-0.1, -0.05) is 11.6 Å². The van der Waals surface area contributed by atoms with Gasteiger partial charge in [0.15, 0.2) is 0 Å². The molecule has 1 amide bonds. The smallest absolute Gasteiger partial charge is 0.368 e. The average molecular weight is 399 g/mol. The number of nitrogens with zero attached hydrogens (tertiary/aromatic N) is 3. The molecular weight excluding hydrogens is 385 g/mol. The van der Waals surface area contributed by atoms with Crippen LogP contribution in [0.4, 0.5) is 13.2 Å². The summed E-state index contributed by atoms with van der Waals surface area (Å²) in [6.07, 6.45) is -0.235. The zero-order valence-electron chi connectivity index (χ0n) is 13.9. The molecule has 0 unspecified atom stereocenters. The Labute approximate surface area is 156 Å². The third-order valence-electron chi connectivity index (χ3n) is 4.14. The minimum absolute atomic E-state index is 0.147. The lowest BCUT2D eigenvalue weighted by Crippen LogP contribution is -2.53. The molecule has 11 heteroatoms. The van der Waals surface area contributed by atoms with Crippen LogP contribution in [-0.2, 0) is 10.3 Å². The molecule has 27 heavy (non-hydrogen) atoms. The first-order chi connectivity index (χ1) is 12.6. The van der Waals surface area contributed by atoms with Crippen molar-refractivity contribution in [3.63, 3.8) is 0 Å². The molecule has 0 fully saturated rings. The van der Waals surface area contributed by atoms with Crippen LogP contribution in [0.15, 0.2) is 30.7 Å². The number of carbonyl (C=O) groups excluding carboxylic acids is 1. The quantitative estimate of drug-likeness (QED) is 0.611. The third kappa shape index (κ3) is 3.86. The topological polar surface area (TPSA) is 110 Å². The molecule has 3 aromatic rings. The summed E-state index contributed by atoms with van der Waals surface area (Å²) in [4.78, 5) is 19.0. The largest absolute Gasteiger partial charge is 0.401 e. The van der Waals surface area contributed by atoms with Crippen LogP contribution in [0.1, 0.15) is 12.5 Å². The van der Waals surface area contributed by atoms with Gasteiger partial charge in [0.25, 0.3) is 0 Å². The molecule has 3 aromatic heterocycles. The van der Waals surface area contributed by atoms with Crippen molar-refractivity contribution in [1.29, 1.82) is 0 Å². The van der Waals surface area contributed by atoms with Crippen LogP contribution in [0.25, 0.3) is 22.3 Å². The van der Waals surface area contributed by atoms with Gasteiger partial charge in [0.05, 0.1) is 23.5 Å². The Kier molecular flexibility index (Phi) is 4.79. The maximum atomic E-state index is 12.6. The van der Waals surface area contributed by atoms with Crippen LogP contribution in [0.2, 0.25) is 5.02 Å². The van der Waals surface area contributed by atoms with E-state index in [-0.39, 0.29) is 5.56 Å². The molecule has 0 aliphatic rings. The molecule has 0 aliphatic heterocycles. The second kappa shape index (κ2) is 6.78. The van der Waals surface area contributed by atoms with Crippen molar-refractivity contribution < 1.29 is 18.0 Å². The predicted octanol–water partition coefficient (Wildman–Crippen LogP) is 2.53. The fourth-order valence-electron chi connectivity index (χ4n) is 2.57. The normalized spacial score (nSPS) is 14.3. The highest BCUT2D eigenvalue weighted by Gasteiger charge is 2.38. The number of hydrogen-bond acceptors (Lipinski definition) is 5. The van der Waals surface area contributed by atoms with Gasteiger partial charge in [-0.2, -0.15) is 23.4 Å². The van der Waals surface area contributed by atoms with Gasteiger partial charge in [-0.25, -0.2) is 4.98 Å². The van der Waals surface area contributed by atoms with Crippen LogP contribution in [0.3, 0.4) is 0 Å². The van der Waals surface area contributed by atoms with E-state index in [1.807, 2.05) is 0 Å². The number of fused-ring (bicyclic) bond motifs is 1.